The van der Waals surface area contributed by atoms with Gasteiger partial charge in [-0.15, -0.1) is 0 Å². The van der Waals surface area contributed by atoms with Crippen molar-refractivity contribution in [1.82, 2.24) is 4.57 Å². The Morgan fingerprint density at radius 2 is 1.14 bits per heavy atom. The highest BCUT2D eigenvalue weighted by Gasteiger charge is 2.20. The van der Waals surface area contributed by atoms with Gasteiger partial charge in [-0.2, -0.15) is 0 Å². The van der Waals surface area contributed by atoms with E-state index in [2.05, 4.69) is 22.8 Å². The Hall–Kier alpha value is -3.37. The van der Waals surface area contributed by atoms with Crippen LogP contribution in [0.4, 0.5) is 0 Å². The van der Waals surface area contributed by atoms with Gasteiger partial charge in [0.25, 0.3) is 0 Å². The molecule has 5 rings (SSSR count). The van der Waals surface area contributed by atoms with Crippen LogP contribution in [0.5, 0.6) is 0 Å². The van der Waals surface area contributed by atoms with Crippen molar-refractivity contribution in [3.05, 3.63) is 103 Å². The van der Waals surface area contributed by atoms with Gasteiger partial charge in [-0.3, -0.25) is 0 Å². The van der Waals surface area contributed by atoms with Crippen LogP contribution in [0.1, 0.15) is 0 Å². The summed E-state index contributed by atoms with van der Waals surface area (Å²) in [6.07, 6.45) is 0. The van der Waals surface area contributed by atoms with Crippen LogP contribution >= 0.6 is 0 Å². The maximum absolute atomic E-state index is 13.1. The topological polar surface area (TPSA) is 39.1 Å². The first-order valence-corrected chi connectivity index (χ1v) is 10.5. The Bertz CT molecular complexity index is 1400. The number of benzene rings is 4. The first-order valence-electron chi connectivity index (χ1n) is 9.05. The van der Waals surface area contributed by atoms with Crippen molar-refractivity contribution < 1.29 is 8.42 Å². The van der Waals surface area contributed by atoms with Gasteiger partial charge in [-0.25, -0.2) is 8.42 Å². The summed E-state index contributed by atoms with van der Waals surface area (Å²) in [6.45, 7) is 0. The summed E-state index contributed by atoms with van der Waals surface area (Å²) in [6, 6.07) is 32.1. The van der Waals surface area contributed by atoms with Crippen LogP contribution < -0.4 is 0 Å². The standard InChI is InChI=1S/C24H17NO2S/c26-28(27,19-11-5-2-6-12-19)20-15-16-24-22(17-20)21-13-7-8-14-23(21)25(24)18-9-3-1-4-10-18/h1-17H. The number of sulfone groups is 1. The van der Waals surface area contributed by atoms with Gasteiger partial charge >= 0.3 is 0 Å². The van der Waals surface area contributed by atoms with Crippen LogP contribution in [-0.4, -0.2) is 13.0 Å². The van der Waals surface area contributed by atoms with Crippen molar-refractivity contribution in [3.8, 4) is 5.69 Å². The SMILES string of the molecule is O=S(=O)(c1ccccc1)c1ccc2c(c1)c1ccccc1n2-c1ccccc1. The van der Waals surface area contributed by atoms with E-state index in [1.165, 1.54) is 0 Å². The van der Waals surface area contributed by atoms with Crippen LogP contribution in [0.15, 0.2) is 113 Å². The Labute approximate surface area is 163 Å². The van der Waals surface area contributed by atoms with E-state index in [4.69, 9.17) is 0 Å². The fourth-order valence-corrected chi connectivity index (χ4v) is 5.02. The van der Waals surface area contributed by atoms with Crippen molar-refractivity contribution in [2.45, 2.75) is 9.79 Å². The molecule has 0 unspecified atom stereocenters. The number of hydrogen-bond donors (Lipinski definition) is 0. The van der Waals surface area contributed by atoms with Crippen molar-refractivity contribution in [3.63, 3.8) is 0 Å². The molecular formula is C24H17NO2S. The molecule has 3 nitrogen and oxygen atoms in total. The van der Waals surface area contributed by atoms with Crippen molar-refractivity contribution in [2.24, 2.45) is 0 Å². The van der Waals surface area contributed by atoms with E-state index in [-0.39, 0.29) is 0 Å². The molecule has 0 bridgehead atoms. The van der Waals surface area contributed by atoms with E-state index in [0.29, 0.717) is 9.79 Å². The molecule has 0 aliphatic heterocycles. The van der Waals surface area contributed by atoms with Gasteiger partial charge in [0.1, 0.15) is 0 Å². The monoisotopic (exact) mass is 383 g/mol. The molecule has 0 atom stereocenters. The fourth-order valence-electron chi connectivity index (χ4n) is 3.71. The average Bonchev–Trinajstić information content (AvgIpc) is 3.09. The smallest absolute Gasteiger partial charge is 0.206 e. The van der Waals surface area contributed by atoms with Gasteiger partial charge in [-0.05, 0) is 48.5 Å². The van der Waals surface area contributed by atoms with Crippen LogP contribution in [0, 0.1) is 0 Å². The second kappa shape index (κ2) is 6.36. The normalized spacial score (nSPS) is 11.9. The van der Waals surface area contributed by atoms with E-state index in [9.17, 15) is 8.42 Å². The minimum Gasteiger partial charge on any atom is -0.309 e. The van der Waals surface area contributed by atoms with E-state index in [0.717, 1.165) is 27.5 Å². The number of rotatable bonds is 3. The molecule has 0 N–H and O–H groups in total. The highest BCUT2D eigenvalue weighted by atomic mass is 32.2. The lowest BCUT2D eigenvalue weighted by molar-refractivity contribution is 0.596. The van der Waals surface area contributed by atoms with E-state index in [1.54, 1.807) is 36.4 Å². The van der Waals surface area contributed by atoms with Crippen molar-refractivity contribution in [2.75, 3.05) is 0 Å². The molecule has 0 aliphatic rings. The molecule has 5 aromatic rings. The molecule has 0 fully saturated rings. The molecule has 0 radical (unpaired) electrons. The Kier molecular flexibility index (Phi) is 3.81. The van der Waals surface area contributed by atoms with Gasteiger partial charge in [-0.1, -0.05) is 54.6 Å². The number of aromatic nitrogens is 1. The molecule has 0 saturated heterocycles. The first-order chi connectivity index (χ1) is 13.7. The van der Waals surface area contributed by atoms with Gasteiger partial charge < -0.3 is 4.57 Å². The van der Waals surface area contributed by atoms with E-state index in [1.807, 2.05) is 48.5 Å². The Morgan fingerprint density at radius 3 is 1.89 bits per heavy atom. The van der Waals surface area contributed by atoms with Crippen LogP contribution in [0.2, 0.25) is 0 Å². The molecule has 4 heteroatoms. The number of para-hydroxylation sites is 2. The summed E-state index contributed by atoms with van der Waals surface area (Å²) in [5, 5.41) is 1.96. The summed E-state index contributed by atoms with van der Waals surface area (Å²) in [5.41, 5.74) is 3.09. The van der Waals surface area contributed by atoms with Crippen molar-refractivity contribution >= 4 is 31.6 Å². The number of hydrogen-bond acceptors (Lipinski definition) is 2. The summed E-state index contributed by atoms with van der Waals surface area (Å²) in [7, 11) is -3.56. The second-order valence-electron chi connectivity index (χ2n) is 6.68. The molecule has 4 aromatic carbocycles. The molecule has 1 aromatic heterocycles. The highest BCUT2D eigenvalue weighted by molar-refractivity contribution is 7.91. The Morgan fingerprint density at radius 1 is 0.536 bits per heavy atom. The number of fused-ring (bicyclic) bond motifs is 3. The third-order valence-electron chi connectivity index (χ3n) is 5.02. The lowest BCUT2D eigenvalue weighted by Gasteiger charge is -2.08. The fraction of sp³-hybridized carbons (Fsp3) is 0. The summed E-state index contributed by atoms with van der Waals surface area (Å²) in [5.74, 6) is 0. The van der Waals surface area contributed by atoms with Gasteiger partial charge in [0.2, 0.25) is 9.84 Å². The predicted molar refractivity (Wildman–Crippen MR) is 113 cm³/mol. The van der Waals surface area contributed by atoms with Crippen LogP contribution in [-0.2, 0) is 9.84 Å². The number of nitrogens with zero attached hydrogens (tertiary/aromatic N) is 1. The van der Waals surface area contributed by atoms with Crippen LogP contribution in [0.3, 0.4) is 0 Å². The maximum Gasteiger partial charge on any atom is 0.206 e. The first kappa shape index (κ1) is 16.8. The lowest BCUT2D eigenvalue weighted by Crippen LogP contribution is -2.01. The zero-order chi connectivity index (χ0) is 19.1. The summed E-state index contributed by atoms with van der Waals surface area (Å²) in [4.78, 5) is 0.614. The molecule has 28 heavy (non-hydrogen) atoms. The zero-order valence-electron chi connectivity index (χ0n) is 15.0. The molecule has 1 heterocycles. The van der Waals surface area contributed by atoms with Crippen LogP contribution in [0.25, 0.3) is 27.5 Å². The maximum atomic E-state index is 13.1. The highest BCUT2D eigenvalue weighted by Crippen LogP contribution is 2.34. The average molecular weight is 383 g/mol. The second-order valence-corrected chi connectivity index (χ2v) is 8.63. The molecule has 0 amide bonds. The molecule has 0 saturated carbocycles. The predicted octanol–water partition coefficient (Wildman–Crippen LogP) is 5.62. The minimum absolute atomic E-state index is 0.307. The Balaban J connectivity index is 1.82. The molecule has 0 spiro atoms. The quantitative estimate of drug-likeness (QED) is 0.406. The van der Waals surface area contributed by atoms with Crippen molar-refractivity contribution in [1.29, 1.82) is 0 Å². The third kappa shape index (κ3) is 2.53. The lowest BCUT2D eigenvalue weighted by atomic mass is 10.1. The molecule has 0 aliphatic carbocycles. The largest absolute Gasteiger partial charge is 0.309 e. The van der Waals surface area contributed by atoms with Gasteiger partial charge in [0, 0.05) is 16.5 Å². The van der Waals surface area contributed by atoms with E-state index >= 15 is 0 Å². The van der Waals surface area contributed by atoms with Gasteiger partial charge in [0.05, 0.1) is 20.8 Å². The third-order valence-corrected chi connectivity index (χ3v) is 6.79. The summed E-state index contributed by atoms with van der Waals surface area (Å²) < 4.78 is 28.3. The zero-order valence-corrected chi connectivity index (χ0v) is 15.8. The minimum atomic E-state index is -3.56. The summed E-state index contributed by atoms with van der Waals surface area (Å²) >= 11 is 0. The van der Waals surface area contributed by atoms with E-state index < -0.39 is 9.84 Å². The molecule has 136 valence electrons. The van der Waals surface area contributed by atoms with Gasteiger partial charge in [0.15, 0.2) is 0 Å². The molecular weight excluding hydrogens is 366 g/mol.